The van der Waals surface area contributed by atoms with Crippen molar-refractivity contribution < 1.29 is 4.52 Å². The first kappa shape index (κ1) is 15.5. The molecule has 2 aromatic rings. The number of hydrogen-bond acceptors (Lipinski definition) is 5. The van der Waals surface area contributed by atoms with Gasteiger partial charge in [-0.15, -0.1) is 23.7 Å². The normalized spacial score (nSPS) is 26.2. The van der Waals surface area contributed by atoms with Gasteiger partial charge in [0.25, 0.3) is 0 Å². The minimum absolute atomic E-state index is 0. The number of halogens is 1. The van der Waals surface area contributed by atoms with Crippen molar-refractivity contribution in [2.45, 2.75) is 50.5 Å². The Hall–Kier alpha value is -0.910. The summed E-state index contributed by atoms with van der Waals surface area (Å²) in [5.74, 6) is 1.68. The van der Waals surface area contributed by atoms with Crippen LogP contribution in [0, 0.1) is 0 Å². The van der Waals surface area contributed by atoms with E-state index in [1.54, 1.807) is 11.3 Å². The van der Waals surface area contributed by atoms with Crippen molar-refractivity contribution in [3.05, 3.63) is 34.1 Å². The maximum Gasteiger partial charge on any atom is 0.231 e. The lowest BCUT2D eigenvalue weighted by molar-refractivity contribution is 0.223. The highest BCUT2D eigenvalue weighted by Crippen LogP contribution is 2.38. The highest BCUT2D eigenvalue weighted by atomic mass is 35.5. The molecule has 1 fully saturated rings. The van der Waals surface area contributed by atoms with Crippen LogP contribution in [0.15, 0.2) is 22.0 Å². The Morgan fingerprint density at radius 1 is 1.50 bits per heavy atom. The van der Waals surface area contributed by atoms with Crippen LogP contribution in [0.4, 0.5) is 0 Å². The molecule has 0 saturated heterocycles. The van der Waals surface area contributed by atoms with Crippen molar-refractivity contribution in [3.63, 3.8) is 0 Å². The first-order valence-electron chi connectivity index (χ1n) is 6.79. The Morgan fingerprint density at radius 2 is 2.35 bits per heavy atom. The fraction of sp³-hybridized carbons (Fsp3) is 0.571. The largest absolute Gasteiger partial charge is 0.339 e. The molecular weight excluding hydrogens is 294 g/mol. The Bertz CT molecular complexity index is 538. The lowest BCUT2D eigenvalue weighted by Crippen LogP contribution is -2.44. The monoisotopic (exact) mass is 313 g/mol. The average molecular weight is 314 g/mol. The molecule has 0 radical (unpaired) electrons. The Labute approximate surface area is 129 Å². The molecule has 20 heavy (non-hydrogen) atoms. The molecule has 0 bridgehead atoms. The number of aromatic nitrogens is 2. The smallest absolute Gasteiger partial charge is 0.231 e. The highest BCUT2D eigenvalue weighted by Gasteiger charge is 2.37. The summed E-state index contributed by atoms with van der Waals surface area (Å²) in [5, 5.41) is 6.16. The third-order valence-electron chi connectivity index (χ3n) is 3.95. The lowest BCUT2D eigenvalue weighted by atomic mass is 9.74. The predicted molar refractivity (Wildman–Crippen MR) is 82.5 cm³/mol. The molecule has 0 aromatic carbocycles. The van der Waals surface area contributed by atoms with Gasteiger partial charge < -0.3 is 10.3 Å². The van der Waals surface area contributed by atoms with Crippen molar-refractivity contribution in [1.82, 2.24) is 10.1 Å². The van der Waals surface area contributed by atoms with Gasteiger partial charge in [0.15, 0.2) is 5.82 Å². The van der Waals surface area contributed by atoms with E-state index in [-0.39, 0.29) is 23.9 Å². The summed E-state index contributed by atoms with van der Waals surface area (Å²) in [6.45, 7) is 2.10. The van der Waals surface area contributed by atoms with E-state index in [1.165, 1.54) is 17.7 Å². The lowest BCUT2D eigenvalue weighted by Gasteiger charge is -2.35. The molecule has 2 atom stereocenters. The zero-order valence-corrected chi connectivity index (χ0v) is 13.2. The number of hydrogen-bond donors (Lipinski definition) is 1. The van der Waals surface area contributed by atoms with Crippen molar-refractivity contribution in [3.8, 4) is 0 Å². The molecule has 3 rings (SSSR count). The van der Waals surface area contributed by atoms with Crippen LogP contribution < -0.4 is 5.73 Å². The summed E-state index contributed by atoms with van der Waals surface area (Å²) in [7, 11) is 0. The van der Waals surface area contributed by atoms with Crippen LogP contribution in [0.5, 0.6) is 0 Å². The molecule has 110 valence electrons. The van der Waals surface area contributed by atoms with Gasteiger partial charge in [0.1, 0.15) is 0 Å². The Balaban J connectivity index is 0.00000147. The minimum atomic E-state index is -0.217. The van der Waals surface area contributed by atoms with E-state index < -0.39 is 0 Å². The van der Waals surface area contributed by atoms with Crippen molar-refractivity contribution >= 4 is 23.7 Å². The third-order valence-corrected chi connectivity index (χ3v) is 4.83. The SMILES string of the molecule is CC1(N)CCCCC1c1nc(Cc2cccs2)no1.Cl. The molecule has 1 aliphatic rings. The molecule has 2 N–H and O–H groups in total. The molecule has 1 aliphatic carbocycles. The third kappa shape index (κ3) is 3.22. The van der Waals surface area contributed by atoms with Gasteiger partial charge in [-0.2, -0.15) is 4.98 Å². The molecule has 2 heterocycles. The Kier molecular flexibility index (Phi) is 4.83. The zero-order valence-electron chi connectivity index (χ0n) is 11.5. The van der Waals surface area contributed by atoms with E-state index in [9.17, 15) is 0 Å². The summed E-state index contributed by atoms with van der Waals surface area (Å²) < 4.78 is 5.45. The van der Waals surface area contributed by atoms with Crippen LogP contribution in [-0.2, 0) is 6.42 Å². The van der Waals surface area contributed by atoms with Gasteiger partial charge in [0.05, 0.1) is 5.92 Å². The second-order valence-corrected chi connectivity index (χ2v) is 6.64. The van der Waals surface area contributed by atoms with Crippen LogP contribution >= 0.6 is 23.7 Å². The van der Waals surface area contributed by atoms with Crippen LogP contribution in [0.3, 0.4) is 0 Å². The summed E-state index contributed by atoms with van der Waals surface area (Å²) in [5.41, 5.74) is 6.16. The molecule has 2 aromatic heterocycles. The summed E-state index contributed by atoms with van der Waals surface area (Å²) >= 11 is 1.72. The standard InChI is InChI=1S/C14H19N3OS.ClH/c1-14(15)7-3-2-6-11(14)13-16-12(17-18-13)9-10-5-4-8-19-10;/h4-5,8,11H,2-3,6-7,9,15H2,1H3;1H. The molecule has 0 amide bonds. The molecule has 0 aliphatic heterocycles. The van der Waals surface area contributed by atoms with Crippen LogP contribution in [0.2, 0.25) is 0 Å². The van der Waals surface area contributed by atoms with Gasteiger partial charge in [-0.3, -0.25) is 0 Å². The van der Waals surface area contributed by atoms with E-state index in [0.29, 0.717) is 0 Å². The van der Waals surface area contributed by atoms with Gasteiger partial charge in [0.2, 0.25) is 5.89 Å². The number of rotatable bonds is 3. The number of thiophene rings is 1. The maximum absolute atomic E-state index is 6.37. The van der Waals surface area contributed by atoms with Crippen molar-refractivity contribution in [2.75, 3.05) is 0 Å². The minimum Gasteiger partial charge on any atom is -0.339 e. The summed E-state index contributed by atoms with van der Waals surface area (Å²) in [4.78, 5) is 5.81. The maximum atomic E-state index is 6.37. The quantitative estimate of drug-likeness (QED) is 0.941. The molecule has 4 nitrogen and oxygen atoms in total. The fourth-order valence-electron chi connectivity index (χ4n) is 2.81. The second-order valence-electron chi connectivity index (χ2n) is 5.61. The van der Waals surface area contributed by atoms with E-state index in [1.807, 2.05) is 6.07 Å². The van der Waals surface area contributed by atoms with E-state index in [4.69, 9.17) is 10.3 Å². The van der Waals surface area contributed by atoms with Gasteiger partial charge in [0, 0.05) is 16.8 Å². The molecule has 1 saturated carbocycles. The predicted octanol–water partition coefficient (Wildman–Crippen LogP) is 3.52. The zero-order chi connectivity index (χ0) is 13.3. The van der Waals surface area contributed by atoms with Crippen molar-refractivity contribution in [2.24, 2.45) is 5.73 Å². The second kappa shape index (κ2) is 6.24. The van der Waals surface area contributed by atoms with Gasteiger partial charge in [-0.25, -0.2) is 0 Å². The van der Waals surface area contributed by atoms with E-state index in [0.717, 1.165) is 31.0 Å². The average Bonchev–Trinajstić information content (AvgIpc) is 3.01. The first-order valence-corrected chi connectivity index (χ1v) is 7.67. The van der Waals surface area contributed by atoms with Crippen LogP contribution in [-0.4, -0.2) is 15.7 Å². The van der Waals surface area contributed by atoms with E-state index >= 15 is 0 Å². The van der Waals surface area contributed by atoms with Gasteiger partial charge in [-0.05, 0) is 31.2 Å². The van der Waals surface area contributed by atoms with Crippen LogP contribution in [0.1, 0.15) is 55.1 Å². The Morgan fingerprint density at radius 3 is 3.05 bits per heavy atom. The number of nitrogens with two attached hydrogens (primary N) is 1. The fourth-order valence-corrected chi connectivity index (χ4v) is 3.52. The highest BCUT2D eigenvalue weighted by molar-refractivity contribution is 7.09. The van der Waals surface area contributed by atoms with Crippen molar-refractivity contribution in [1.29, 1.82) is 0 Å². The topological polar surface area (TPSA) is 64.9 Å². The van der Waals surface area contributed by atoms with Crippen LogP contribution in [0.25, 0.3) is 0 Å². The van der Waals surface area contributed by atoms with Gasteiger partial charge in [-0.1, -0.05) is 24.1 Å². The van der Waals surface area contributed by atoms with Gasteiger partial charge >= 0.3 is 0 Å². The summed E-state index contributed by atoms with van der Waals surface area (Å²) in [6, 6.07) is 4.13. The number of nitrogens with zero attached hydrogens (tertiary/aromatic N) is 2. The summed E-state index contributed by atoms with van der Waals surface area (Å²) in [6.07, 6.45) is 5.21. The van der Waals surface area contributed by atoms with E-state index in [2.05, 4.69) is 28.5 Å². The first-order chi connectivity index (χ1) is 9.15. The molecule has 0 spiro atoms. The molecular formula is C14H20ClN3OS. The molecule has 2 unspecified atom stereocenters. The molecule has 6 heteroatoms.